The summed E-state index contributed by atoms with van der Waals surface area (Å²) in [5.41, 5.74) is 0. The van der Waals surface area contributed by atoms with Crippen LogP contribution in [0.25, 0.3) is 0 Å². The summed E-state index contributed by atoms with van der Waals surface area (Å²) in [5, 5.41) is 0. The molecule has 1 fully saturated rings. The van der Waals surface area contributed by atoms with E-state index in [1.165, 1.54) is 29.0 Å². The second-order valence-electron chi connectivity index (χ2n) is 4.82. The summed E-state index contributed by atoms with van der Waals surface area (Å²) in [5.74, 6) is 0.786. The number of nitrogens with zero attached hydrogens (tertiary/aromatic N) is 1. The summed E-state index contributed by atoms with van der Waals surface area (Å²) in [6, 6.07) is 5.40. The van der Waals surface area contributed by atoms with Crippen molar-refractivity contribution < 1.29 is 0 Å². The molecule has 0 atom stereocenters. The molecule has 0 saturated heterocycles. The number of hydrogen-bond donors (Lipinski definition) is 0. The quantitative estimate of drug-likeness (QED) is 0.669. The van der Waals surface area contributed by atoms with Crippen molar-refractivity contribution in [3.63, 3.8) is 0 Å². The predicted molar refractivity (Wildman–Crippen MR) is 77.1 cm³/mol. The standard InChI is InChI=1S/C14H22ClNS/c1-2-13-7-8-14(17-13)11-16(10-4-9-15)12-5-3-6-12/h7-8,12H,2-6,9-11H2,1H3. The molecule has 1 aromatic heterocycles. The van der Waals surface area contributed by atoms with Crippen LogP contribution >= 0.6 is 22.9 Å². The zero-order valence-corrected chi connectivity index (χ0v) is 12.2. The highest BCUT2D eigenvalue weighted by Crippen LogP contribution is 2.28. The van der Waals surface area contributed by atoms with Crippen LogP contribution in [0.3, 0.4) is 0 Å². The minimum absolute atomic E-state index is 0.786. The molecule has 1 aromatic rings. The molecule has 1 aliphatic rings. The fourth-order valence-electron chi connectivity index (χ4n) is 2.30. The molecule has 1 aliphatic carbocycles. The molecule has 1 nitrogen and oxygen atoms in total. The molecule has 0 bridgehead atoms. The summed E-state index contributed by atoms with van der Waals surface area (Å²) in [6.07, 6.45) is 6.45. The molecular weight excluding hydrogens is 250 g/mol. The fourth-order valence-corrected chi connectivity index (χ4v) is 3.41. The first-order valence-electron chi connectivity index (χ1n) is 6.71. The highest BCUT2D eigenvalue weighted by atomic mass is 35.5. The molecule has 0 radical (unpaired) electrons. The Balaban J connectivity index is 1.90. The van der Waals surface area contributed by atoms with Crippen molar-refractivity contribution in [1.29, 1.82) is 0 Å². The Labute approximate surface area is 114 Å². The number of alkyl halides is 1. The first kappa shape index (κ1) is 13.4. The molecule has 1 heterocycles. The average molecular weight is 272 g/mol. The second kappa shape index (κ2) is 6.77. The van der Waals surface area contributed by atoms with Gasteiger partial charge in [0.2, 0.25) is 0 Å². The maximum atomic E-state index is 5.82. The molecule has 96 valence electrons. The van der Waals surface area contributed by atoms with Gasteiger partial charge in [0.25, 0.3) is 0 Å². The van der Waals surface area contributed by atoms with E-state index in [1.54, 1.807) is 0 Å². The zero-order valence-electron chi connectivity index (χ0n) is 10.6. The highest BCUT2D eigenvalue weighted by Gasteiger charge is 2.24. The SMILES string of the molecule is CCc1ccc(CN(CCCCl)C2CCC2)s1. The van der Waals surface area contributed by atoms with Crippen molar-refractivity contribution >= 4 is 22.9 Å². The normalized spacial score (nSPS) is 16.4. The summed E-state index contributed by atoms with van der Waals surface area (Å²) < 4.78 is 0. The number of thiophene rings is 1. The fraction of sp³-hybridized carbons (Fsp3) is 0.714. The van der Waals surface area contributed by atoms with Gasteiger partial charge in [0.15, 0.2) is 0 Å². The summed E-state index contributed by atoms with van der Waals surface area (Å²) in [6.45, 7) is 4.52. The smallest absolute Gasteiger partial charge is 0.0330 e. The Morgan fingerprint density at radius 1 is 1.35 bits per heavy atom. The van der Waals surface area contributed by atoms with E-state index >= 15 is 0 Å². The van der Waals surface area contributed by atoms with Crippen LogP contribution in [-0.4, -0.2) is 23.4 Å². The van der Waals surface area contributed by atoms with Crippen LogP contribution in [0, 0.1) is 0 Å². The number of aryl methyl sites for hydroxylation is 1. The van der Waals surface area contributed by atoms with Gasteiger partial charge in [0.05, 0.1) is 0 Å². The Morgan fingerprint density at radius 3 is 2.65 bits per heavy atom. The van der Waals surface area contributed by atoms with E-state index in [0.717, 1.165) is 37.9 Å². The Morgan fingerprint density at radius 2 is 2.12 bits per heavy atom. The van der Waals surface area contributed by atoms with Crippen molar-refractivity contribution in [3.8, 4) is 0 Å². The molecule has 2 rings (SSSR count). The van der Waals surface area contributed by atoms with Gasteiger partial charge in [0.1, 0.15) is 0 Å². The van der Waals surface area contributed by atoms with Gasteiger partial charge in [-0.25, -0.2) is 0 Å². The first-order chi connectivity index (χ1) is 8.33. The van der Waals surface area contributed by atoms with E-state index in [-0.39, 0.29) is 0 Å². The highest BCUT2D eigenvalue weighted by molar-refractivity contribution is 7.11. The van der Waals surface area contributed by atoms with E-state index in [4.69, 9.17) is 11.6 Å². The number of hydrogen-bond acceptors (Lipinski definition) is 2. The molecule has 0 aromatic carbocycles. The molecule has 0 aliphatic heterocycles. The van der Waals surface area contributed by atoms with Crippen molar-refractivity contribution in [3.05, 3.63) is 21.9 Å². The summed E-state index contributed by atoms with van der Waals surface area (Å²) >= 11 is 7.79. The molecule has 0 N–H and O–H groups in total. The van der Waals surface area contributed by atoms with Gasteiger partial charge in [0, 0.05) is 28.2 Å². The van der Waals surface area contributed by atoms with Gasteiger partial charge >= 0.3 is 0 Å². The van der Waals surface area contributed by atoms with Crippen LogP contribution in [0.4, 0.5) is 0 Å². The van der Waals surface area contributed by atoms with E-state index in [0.29, 0.717) is 0 Å². The van der Waals surface area contributed by atoms with E-state index in [9.17, 15) is 0 Å². The molecule has 0 spiro atoms. The van der Waals surface area contributed by atoms with Crippen LogP contribution in [0.5, 0.6) is 0 Å². The molecule has 1 saturated carbocycles. The molecule has 0 amide bonds. The van der Waals surface area contributed by atoms with E-state index < -0.39 is 0 Å². The topological polar surface area (TPSA) is 3.24 Å². The molecule has 0 unspecified atom stereocenters. The Bertz CT molecular complexity index is 333. The number of halogens is 1. The summed E-state index contributed by atoms with van der Waals surface area (Å²) in [4.78, 5) is 5.66. The van der Waals surface area contributed by atoms with E-state index in [1.807, 2.05) is 11.3 Å². The lowest BCUT2D eigenvalue weighted by Crippen LogP contribution is -2.40. The van der Waals surface area contributed by atoms with Crippen molar-refractivity contribution in [1.82, 2.24) is 4.90 Å². The second-order valence-corrected chi connectivity index (χ2v) is 6.45. The van der Waals surface area contributed by atoms with Gasteiger partial charge in [-0.15, -0.1) is 22.9 Å². The van der Waals surface area contributed by atoms with Crippen LogP contribution in [0.15, 0.2) is 12.1 Å². The largest absolute Gasteiger partial charge is 0.295 e. The Kier molecular flexibility index (Phi) is 5.33. The van der Waals surface area contributed by atoms with E-state index in [2.05, 4.69) is 24.0 Å². The van der Waals surface area contributed by atoms with Crippen LogP contribution < -0.4 is 0 Å². The third-order valence-electron chi connectivity index (χ3n) is 3.59. The lowest BCUT2D eigenvalue weighted by molar-refractivity contribution is 0.121. The maximum absolute atomic E-state index is 5.82. The lowest BCUT2D eigenvalue weighted by atomic mass is 9.91. The van der Waals surface area contributed by atoms with Gasteiger partial charge in [-0.3, -0.25) is 4.90 Å². The maximum Gasteiger partial charge on any atom is 0.0330 e. The van der Waals surface area contributed by atoms with Gasteiger partial charge in [-0.1, -0.05) is 13.3 Å². The molecule has 3 heteroatoms. The van der Waals surface area contributed by atoms with Gasteiger partial charge in [-0.2, -0.15) is 0 Å². The zero-order chi connectivity index (χ0) is 12.1. The minimum atomic E-state index is 0.786. The first-order valence-corrected chi connectivity index (χ1v) is 8.06. The van der Waals surface area contributed by atoms with Crippen LogP contribution in [0.2, 0.25) is 0 Å². The number of rotatable bonds is 7. The summed E-state index contributed by atoms with van der Waals surface area (Å²) in [7, 11) is 0. The van der Waals surface area contributed by atoms with Crippen molar-refractivity contribution in [2.45, 2.75) is 51.6 Å². The van der Waals surface area contributed by atoms with Gasteiger partial charge < -0.3 is 0 Å². The Hall–Kier alpha value is -0.0500. The lowest BCUT2D eigenvalue weighted by Gasteiger charge is -2.37. The van der Waals surface area contributed by atoms with Crippen molar-refractivity contribution in [2.24, 2.45) is 0 Å². The third kappa shape index (κ3) is 3.70. The minimum Gasteiger partial charge on any atom is -0.295 e. The predicted octanol–water partition coefficient (Wildman–Crippen LogP) is 4.29. The van der Waals surface area contributed by atoms with Crippen molar-refractivity contribution in [2.75, 3.05) is 12.4 Å². The molecular formula is C14H22ClNS. The van der Waals surface area contributed by atoms with Gasteiger partial charge in [-0.05, 0) is 44.4 Å². The monoisotopic (exact) mass is 271 g/mol. The van der Waals surface area contributed by atoms with Crippen LogP contribution in [-0.2, 0) is 13.0 Å². The third-order valence-corrected chi connectivity index (χ3v) is 5.08. The molecule has 17 heavy (non-hydrogen) atoms. The average Bonchev–Trinajstić information content (AvgIpc) is 2.71. The van der Waals surface area contributed by atoms with Crippen LogP contribution in [0.1, 0.15) is 42.4 Å².